The van der Waals surface area contributed by atoms with Gasteiger partial charge < -0.3 is 10.2 Å². The molecule has 184 valence electrons. The number of benzene rings is 2. The van der Waals surface area contributed by atoms with E-state index in [4.69, 9.17) is 16.7 Å². The first-order valence-electron chi connectivity index (χ1n) is 10.3. The molecule has 3 N–H and O–H groups in total. The van der Waals surface area contributed by atoms with Gasteiger partial charge >= 0.3 is 0 Å². The predicted molar refractivity (Wildman–Crippen MR) is 125 cm³/mol. The van der Waals surface area contributed by atoms with Crippen LogP contribution in [-0.4, -0.2) is 53.9 Å². The van der Waals surface area contributed by atoms with Gasteiger partial charge in [-0.2, -0.15) is 5.10 Å². The number of halogens is 3. The van der Waals surface area contributed by atoms with Gasteiger partial charge in [-0.15, -0.1) is 0 Å². The molecule has 2 aromatic carbocycles. The molecule has 0 saturated carbocycles. The lowest BCUT2D eigenvalue weighted by Crippen LogP contribution is -2.31. The minimum Gasteiger partial charge on any atom is -0.332 e. The molecule has 4 rings (SSSR count). The average molecular weight is 524 g/mol. The third-order valence-electron chi connectivity index (χ3n) is 5.41. The van der Waals surface area contributed by atoms with Crippen LogP contribution in [0.4, 0.5) is 14.5 Å². The first kappa shape index (κ1) is 24.8. The Morgan fingerprint density at radius 3 is 2.51 bits per heavy atom. The van der Waals surface area contributed by atoms with Crippen molar-refractivity contribution in [3.05, 3.63) is 59.4 Å². The van der Waals surface area contributed by atoms with Gasteiger partial charge in [0.2, 0.25) is 15.9 Å². The monoisotopic (exact) mass is 523 g/mol. The van der Waals surface area contributed by atoms with Gasteiger partial charge in [0.05, 0.1) is 29.7 Å². The summed E-state index contributed by atoms with van der Waals surface area (Å²) in [5.74, 6) is -4.08. The van der Waals surface area contributed by atoms with Crippen molar-refractivity contribution in [2.24, 2.45) is 5.14 Å². The van der Waals surface area contributed by atoms with E-state index in [-0.39, 0.29) is 39.6 Å². The van der Waals surface area contributed by atoms with E-state index in [0.29, 0.717) is 0 Å². The van der Waals surface area contributed by atoms with Crippen LogP contribution < -0.4 is 10.5 Å². The molecule has 9 nitrogen and oxygen atoms in total. The van der Waals surface area contributed by atoms with Crippen LogP contribution in [0.5, 0.6) is 0 Å². The van der Waals surface area contributed by atoms with Gasteiger partial charge in [-0.3, -0.25) is 9.59 Å². The summed E-state index contributed by atoms with van der Waals surface area (Å²) in [5.41, 5.74) is 0.427. The first-order valence-corrected chi connectivity index (χ1v) is 12.2. The maximum absolute atomic E-state index is 13.6. The summed E-state index contributed by atoms with van der Waals surface area (Å²) in [4.78, 5) is 25.1. The van der Waals surface area contributed by atoms with E-state index >= 15 is 0 Å². The van der Waals surface area contributed by atoms with E-state index in [9.17, 15) is 26.8 Å². The molecule has 1 aliphatic heterocycles. The summed E-state index contributed by atoms with van der Waals surface area (Å²) in [6.07, 6.45) is 1.95. The molecule has 0 atom stereocenters. The van der Waals surface area contributed by atoms with Crippen LogP contribution in [0, 0.1) is 0 Å². The fraction of sp³-hybridized carbons (Fsp3) is 0.227. The van der Waals surface area contributed by atoms with Crippen LogP contribution in [-0.2, 0) is 14.8 Å². The molecular formula is C22H20ClF2N5O4S. The fourth-order valence-electron chi connectivity index (χ4n) is 3.92. The van der Waals surface area contributed by atoms with Crippen LogP contribution in [0.2, 0.25) is 5.02 Å². The molecular weight excluding hydrogens is 504 g/mol. The smallest absolute Gasteiger partial charge is 0.267 e. The minimum absolute atomic E-state index is 0.00620. The van der Waals surface area contributed by atoms with Gasteiger partial charge in [0.1, 0.15) is 4.90 Å². The van der Waals surface area contributed by atoms with E-state index in [1.807, 2.05) is 0 Å². The molecule has 1 saturated heterocycles. The molecule has 35 heavy (non-hydrogen) atoms. The Morgan fingerprint density at radius 2 is 1.91 bits per heavy atom. The van der Waals surface area contributed by atoms with Crippen LogP contribution in [0.1, 0.15) is 23.7 Å². The second-order valence-electron chi connectivity index (χ2n) is 8.05. The third kappa shape index (κ3) is 5.04. The lowest BCUT2D eigenvalue weighted by atomic mass is 10.0. The minimum atomic E-state index is -4.44. The maximum atomic E-state index is 13.6. The highest BCUT2D eigenvalue weighted by Crippen LogP contribution is 2.41. The molecule has 0 unspecified atom stereocenters. The summed E-state index contributed by atoms with van der Waals surface area (Å²) in [6, 6.07) is 9.20. The molecule has 1 fully saturated rings. The van der Waals surface area contributed by atoms with E-state index in [1.54, 1.807) is 24.3 Å². The molecule has 0 radical (unpaired) electrons. The number of nitrogens with one attached hydrogen (secondary N) is 1. The number of nitrogens with two attached hydrogens (primary N) is 1. The zero-order valence-corrected chi connectivity index (χ0v) is 19.9. The molecule has 1 aromatic heterocycles. The van der Waals surface area contributed by atoms with Gasteiger partial charge in [0.25, 0.3) is 11.8 Å². The Bertz CT molecular complexity index is 1440. The normalized spacial score (nSPS) is 15.3. The Morgan fingerprint density at radius 1 is 1.20 bits per heavy atom. The van der Waals surface area contributed by atoms with Crippen molar-refractivity contribution >= 4 is 39.1 Å². The number of aromatic nitrogens is 2. The van der Waals surface area contributed by atoms with Crippen molar-refractivity contribution in [1.29, 1.82) is 0 Å². The third-order valence-corrected chi connectivity index (χ3v) is 6.72. The largest absolute Gasteiger partial charge is 0.332 e. The van der Waals surface area contributed by atoms with Gasteiger partial charge in [-0.1, -0.05) is 29.8 Å². The highest BCUT2D eigenvalue weighted by Gasteiger charge is 2.40. The highest BCUT2D eigenvalue weighted by atomic mass is 35.5. The number of nitrogens with zero attached hydrogens (tertiary/aromatic N) is 3. The molecule has 3 aromatic rings. The zero-order valence-electron chi connectivity index (χ0n) is 18.3. The second kappa shape index (κ2) is 9.02. The Balaban J connectivity index is 1.88. The van der Waals surface area contributed by atoms with E-state index in [0.717, 1.165) is 15.8 Å². The first-order chi connectivity index (χ1) is 16.4. The Labute approximate surface area is 204 Å². The van der Waals surface area contributed by atoms with Gasteiger partial charge in [-0.25, -0.2) is 27.0 Å². The summed E-state index contributed by atoms with van der Waals surface area (Å²) in [7, 11) is -4.44. The van der Waals surface area contributed by atoms with Gasteiger partial charge in [0.15, 0.2) is 0 Å². The van der Waals surface area contributed by atoms with Crippen molar-refractivity contribution in [2.45, 2.75) is 24.2 Å². The summed E-state index contributed by atoms with van der Waals surface area (Å²) < 4.78 is 53.8. The molecule has 0 bridgehead atoms. The number of carbonyl (C=O) groups is 2. The number of likely N-dealkylation sites (tertiary alicyclic amines) is 1. The number of rotatable bonds is 5. The molecule has 13 heteroatoms. The van der Waals surface area contributed by atoms with Crippen molar-refractivity contribution in [2.75, 3.05) is 18.4 Å². The quantitative estimate of drug-likeness (QED) is 0.530. The number of primary sulfonamides is 1. The highest BCUT2D eigenvalue weighted by molar-refractivity contribution is 7.89. The van der Waals surface area contributed by atoms with E-state index < -0.39 is 45.6 Å². The van der Waals surface area contributed by atoms with Gasteiger partial charge in [0, 0.05) is 42.2 Å². The van der Waals surface area contributed by atoms with Crippen LogP contribution in [0.15, 0.2) is 53.7 Å². The van der Waals surface area contributed by atoms with Crippen molar-refractivity contribution in [3.63, 3.8) is 0 Å². The lowest BCUT2D eigenvalue weighted by Gasteiger charge is -2.19. The van der Waals surface area contributed by atoms with Crippen LogP contribution >= 0.6 is 11.6 Å². The lowest BCUT2D eigenvalue weighted by molar-refractivity contribution is -0.114. The zero-order chi connectivity index (χ0) is 25.5. The summed E-state index contributed by atoms with van der Waals surface area (Å²) >= 11 is 6.35. The number of alkyl halides is 2. The van der Waals surface area contributed by atoms with Crippen molar-refractivity contribution in [1.82, 2.24) is 14.7 Å². The fourth-order valence-corrected chi connectivity index (χ4v) is 5.11. The van der Waals surface area contributed by atoms with Gasteiger partial charge in [-0.05, 0) is 18.2 Å². The Hall–Kier alpha value is -3.35. The van der Waals surface area contributed by atoms with Crippen molar-refractivity contribution in [3.8, 4) is 16.8 Å². The van der Waals surface area contributed by atoms with Crippen LogP contribution in [0.25, 0.3) is 16.8 Å². The standard InChI is InChI=1S/C22H20ClF2N5O4S/c1-13(31)28-17-6-7-18(20(35(26,33)34)19(17)15-4-2-3-5-16(15)23)30-11-14(10-27-30)21(32)29-9-8-22(24,25)12-29/h2-7,10-11H,8-9,12H2,1H3,(H,28,31)(H2,26,33,34). The molecule has 1 aliphatic rings. The second-order valence-corrected chi connectivity index (χ2v) is 9.95. The number of sulfonamides is 1. The summed E-state index contributed by atoms with van der Waals surface area (Å²) in [5, 5.41) is 12.5. The van der Waals surface area contributed by atoms with Crippen LogP contribution in [0.3, 0.4) is 0 Å². The molecule has 2 heterocycles. The average Bonchev–Trinajstić information content (AvgIpc) is 3.39. The molecule has 2 amide bonds. The number of hydrogen-bond donors (Lipinski definition) is 2. The van der Waals surface area contributed by atoms with E-state index in [1.165, 1.54) is 25.3 Å². The van der Waals surface area contributed by atoms with Crippen molar-refractivity contribution < 1.29 is 26.8 Å². The number of hydrogen-bond acceptors (Lipinski definition) is 5. The molecule has 0 spiro atoms. The Kier molecular flexibility index (Phi) is 6.38. The SMILES string of the molecule is CC(=O)Nc1ccc(-n2cc(C(=O)N3CCC(F)(F)C3)cn2)c(S(N)(=O)=O)c1-c1ccccc1Cl. The number of amides is 2. The predicted octanol–water partition coefficient (Wildman–Crippen LogP) is 3.28. The molecule has 0 aliphatic carbocycles. The maximum Gasteiger partial charge on any atom is 0.267 e. The van der Waals surface area contributed by atoms with E-state index in [2.05, 4.69) is 10.4 Å². The number of anilines is 1. The number of carbonyl (C=O) groups excluding carboxylic acids is 2. The summed E-state index contributed by atoms with van der Waals surface area (Å²) in [6.45, 7) is 0.442. The topological polar surface area (TPSA) is 127 Å².